The zero-order valence-electron chi connectivity index (χ0n) is 22.1. The molecule has 3 heterocycles. The zero-order chi connectivity index (χ0) is 27.3. The molecule has 0 atom stereocenters. The summed E-state index contributed by atoms with van der Waals surface area (Å²) in [6.45, 7) is 6.12. The van der Waals surface area contributed by atoms with Crippen molar-refractivity contribution in [2.24, 2.45) is 0 Å². The van der Waals surface area contributed by atoms with E-state index in [-0.39, 0.29) is 18.0 Å². The number of rotatable bonds is 5. The number of thiophene rings is 1. The fourth-order valence-electron chi connectivity index (χ4n) is 5.25. The average Bonchev–Trinajstić information content (AvgIpc) is 3.42. The van der Waals surface area contributed by atoms with Crippen molar-refractivity contribution in [1.29, 1.82) is 0 Å². The Balaban J connectivity index is 1.53. The predicted octanol–water partition coefficient (Wildman–Crippen LogP) is 6.14. The Bertz CT molecular complexity index is 1790. The van der Waals surface area contributed by atoms with Crippen molar-refractivity contribution >= 4 is 56.2 Å². The molecule has 8 nitrogen and oxygen atoms in total. The Morgan fingerprint density at radius 3 is 2.51 bits per heavy atom. The van der Waals surface area contributed by atoms with Crippen molar-refractivity contribution in [1.82, 2.24) is 14.5 Å². The summed E-state index contributed by atoms with van der Waals surface area (Å²) in [6, 6.07) is 13.5. The highest BCUT2D eigenvalue weighted by Gasteiger charge is 2.30. The van der Waals surface area contributed by atoms with Crippen molar-refractivity contribution in [3.63, 3.8) is 0 Å². The van der Waals surface area contributed by atoms with E-state index in [0.717, 1.165) is 52.9 Å². The minimum absolute atomic E-state index is 0.225. The van der Waals surface area contributed by atoms with E-state index in [4.69, 9.17) is 20.4 Å². The number of para-hydroxylation sites is 2. The van der Waals surface area contributed by atoms with Gasteiger partial charge in [0.2, 0.25) is 0 Å². The molecule has 0 saturated heterocycles. The molecule has 0 aliphatic heterocycles. The number of nitrogens with zero attached hydrogens (tertiary/aromatic N) is 3. The third-order valence-electron chi connectivity index (χ3n) is 7.35. The second kappa shape index (κ2) is 9.81. The van der Waals surface area contributed by atoms with Crippen LogP contribution in [0.4, 0.5) is 10.8 Å². The molecule has 3 aromatic heterocycles. The SMILES string of the molecule is CCOC(=O)c1c(NC(=O)c2c(N)n(-c3ccc(C)c(C)c3)c3nc4ccccc4nc23)sc2c1CCCC2. The van der Waals surface area contributed by atoms with Crippen LogP contribution in [0.15, 0.2) is 42.5 Å². The van der Waals surface area contributed by atoms with Gasteiger partial charge < -0.3 is 15.8 Å². The van der Waals surface area contributed by atoms with Crippen molar-refractivity contribution < 1.29 is 14.3 Å². The van der Waals surface area contributed by atoms with Gasteiger partial charge in [0.15, 0.2) is 5.65 Å². The van der Waals surface area contributed by atoms with E-state index in [1.54, 1.807) is 11.5 Å². The zero-order valence-corrected chi connectivity index (χ0v) is 22.9. The number of hydrogen-bond donors (Lipinski definition) is 2. The molecular formula is C30H29N5O3S. The number of fused-ring (bicyclic) bond motifs is 3. The molecule has 0 fully saturated rings. The largest absolute Gasteiger partial charge is 0.462 e. The summed E-state index contributed by atoms with van der Waals surface area (Å²) in [7, 11) is 0. The molecule has 1 aliphatic rings. The van der Waals surface area contributed by atoms with Gasteiger partial charge >= 0.3 is 5.97 Å². The highest BCUT2D eigenvalue weighted by atomic mass is 32.1. The van der Waals surface area contributed by atoms with Gasteiger partial charge in [0.1, 0.15) is 21.9 Å². The van der Waals surface area contributed by atoms with Gasteiger partial charge in [-0.05, 0) is 87.4 Å². The molecule has 5 aromatic rings. The number of aromatic nitrogens is 3. The Hall–Kier alpha value is -4.24. The molecule has 0 spiro atoms. The maximum atomic E-state index is 14.0. The van der Waals surface area contributed by atoms with Crippen LogP contribution < -0.4 is 11.1 Å². The van der Waals surface area contributed by atoms with Crippen molar-refractivity contribution in [2.75, 3.05) is 17.7 Å². The Morgan fingerprint density at radius 2 is 1.77 bits per heavy atom. The number of amides is 1. The monoisotopic (exact) mass is 539 g/mol. The number of ether oxygens (including phenoxy) is 1. The fourth-order valence-corrected chi connectivity index (χ4v) is 6.52. The van der Waals surface area contributed by atoms with E-state index in [9.17, 15) is 9.59 Å². The van der Waals surface area contributed by atoms with Crippen LogP contribution >= 0.6 is 11.3 Å². The molecule has 9 heteroatoms. The van der Waals surface area contributed by atoms with Crippen LogP contribution in [0.1, 0.15) is 62.0 Å². The first-order chi connectivity index (χ1) is 18.9. The van der Waals surface area contributed by atoms with Gasteiger partial charge in [-0.1, -0.05) is 18.2 Å². The topological polar surface area (TPSA) is 112 Å². The second-order valence-electron chi connectivity index (χ2n) is 9.84. The number of aryl methyl sites for hydroxylation is 3. The average molecular weight is 540 g/mol. The van der Waals surface area contributed by atoms with E-state index in [0.29, 0.717) is 32.8 Å². The van der Waals surface area contributed by atoms with Crippen molar-refractivity contribution in [2.45, 2.75) is 46.5 Å². The van der Waals surface area contributed by atoms with Crippen LogP contribution in [-0.4, -0.2) is 33.0 Å². The lowest BCUT2D eigenvalue weighted by Gasteiger charge is -2.12. The highest BCUT2D eigenvalue weighted by Crippen LogP contribution is 2.40. The Kier molecular flexibility index (Phi) is 6.31. The number of nitrogens with one attached hydrogen (secondary N) is 1. The predicted molar refractivity (Wildman–Crippen MR) is 155 cm³/mol. The molecule has 0 unspecified atom stereocenters. The Labute approximate surface area is 229 Å². The summed E-state index contributed by atoms with van der Waals surface area (Å²) in [5.74, 6) is -0.614. The number of nitrogens with two attached hydrogens (primary N) is 1. The molecule has 3 N–H and O–H groups in total. The van der Waals surface area contributed by atoms with E-state index in [2.05, 4.69) is 5.32 Å². The minimum Gasteiger partial charge on any atom is -0.462 e. The van der Waals surface area contributed by atoms with E-state index in [1.807, 2.05) is 56.3 Å². The molecule has 2 aromatic carbocycles. The lowest BCUT2D eigenvalue weighted by Crippen LogP contribution is -2.17. The van der Waals surface area contributed by atoms with E-state index in [1.165, 1.54) is 11.3 Å². The van der Waals surface area contributed by atoms with Crippen LogP contribution in [0.3, 0.4) is 0 Å². The first kappa shape index (κ1) is 25.1. The summed E-state index contributed by atoms with van der Waals surface area (Å²) in [5, 5.41) is 3.50. The van der Waals surface area contributed by atoms with Gasteiger partial charge in [-0.3, -0.25) is 9.36 Å². The molecule has 198 valence electrons. The summed E-state index contributed by atoms with van der Waals surface area (Å²) < 4.78 is 7.15. The van der Waals surface area contributed by atoms with Crippen LogP contribution in [0.25, 0.3) is 27.9 Å². The van der Waals surface area contributed by atoms with Gasteiger partial charge in [0.05, 0.1) is 23.2 Å². The summed E-state index contributed by atoms with van der Waals surface area (Å²) in [5.41, 5.74) is 13.7. The summed E-state index contributed by atoms with van der Waals surface area (Å²) >= 11 is 1.44. The van der Waals surface area contributed by atoms with Crippen LogP contribution in [0, 0.1) is 13.8 Å². The van der Waals surface area contributed by atoms with E-state index < -0.39 is 11.9 Å². The molecule has 0 bridgehead atoms. The van der Waals surface area contributed by atoms with Gasteiger partial charge in [0, 0.05) is 10.6 Å². The smallest absolute Gasteiger partial charge is 0.341 e. The number of esters is 1. The first-order valence-corrected chi connectivity index (χ1v) is 14.0. The minimum atomic E-state index is -0.436. The number of nitrogen functional groups attached to an aromatic ring is 1. The standard InChI is InChI=1S/C30H29N5O3S/c1-4-38-30(37)23-19-9-5-8-12-22(19)39-29(23)34-28(36)24-25-27(33-21-11-7-6-10-20(21)32-25)35(26(24)31)18-14-13-16(2)17(3)15-18/h6-7,10-11,13-15H,4-5,8-9,12,31H2,1-3H3,(H,34,36). The number of carbonyl (C=O) groups is 2. The van der Waals surface area contributed by atoms with Crippen LogP contribution in [0.2, 0.25) is 0 Å². The van der Waals surface area contributed by atoms with Gasteiger partial charge in [-0.2, -0.15) is 0 Å². The summed E-state index contributed by atoms with van der Waals surface area (Å²) in [4.78, 5) is 37.8. The third kappa shape index (κ3) is 4.23. The maximum absolute atomic E-state index is 14.0. The molecule has 1 amide bonds. The van der Waals surface area contributed by atoms with Crippen LogP contribution in [0.5, 0.6) is 0 Å². The molecule has 0 radical (unpaired) electrons. The molecular weight excluding hydrogens is 510 g/mol. The van der Waals surface area contributed by atoms with E-state index >= 15 is 0 Å². The van der Waals surface area contributed by atoms with Gasteiger partial charge in [-0.25, -0.2) is 14.8 Å². The molecule has 1 aliphatic carbocycles. The third-order valence-corrected chi connectivity index (χ3v) is 8.56. The van der Waals surface area contributed by atoms with Gasteiger partial charge in [-0.15, -0.1) is 11.3 Å². The lowest BCUT2D eigenvalue weighted by molar-refractivity contribution is 0.0526. The van der Waals surface area contributed by atoms with Crippen LogP contribution in [-0.2, 0) is 17.6 Å². The lowest BCUT2D eigenvalue weighted by atomic mass is 9.95. The normalized spacial score (nSPS) is 13.0. The second-order valence-corrected chi connectivity index (χ2v) is 10.9. The molecule has 39 heavy (non-hydrogen) atoms. The quantitative estimate of drug-likeness (QED) is 0.259. The first-order valence-electron chi connectivity index (χ1n) is 13.1. The van der Waals surface area contributed by atoms with Gasteiger partial charge in [0.25, 0.3) is 5.91 Å². The maximum Gasteiger partial charge on any atom is 0.341 e. The van der Waals surface area contributed by atoms with Crippen molar-refractivity contribution in [3.8, 4) is 5.69 Å². The van der Waals surface area contributed by atoms with Crippen molar-refractivity contribution in [3.05, 3.63) is 75.2 Å². The number of hydrogen-bond acceptors (Lipinski definition) is 7. The molecule has 0 saturated carbocycles. The Morgan fingerprint density at radius 1 is 1.03 bits per heavy atom. The fraction of sp³-hybridized carbons (Fsp3) is 0.267. The number of carbonyl (C=O) groups excluding carboxylic acids is 2. The number of benzene rings is 2. The highest BCUT2D eigenvalue weighted by molar-refractivity contribution is 7.17. The molecule has 6 rings (SSSR count). The summed E-state index contributed by atoms with van der Waals surface area (Å²) in [6.07, 6.45) is 3.74. The number of anilines is 2.